The summed E-state index contributed by atoms with van der Waals surface area (Å²) in [6, 6.07) is 0. The Morgan fingerprint density at radius 2 is 2.12 bits per heavy atom. The van der Waals surface area contributed by atoms with Gasteiger partial charge >= 0.3 is 0 Å². The first-order chi connectivity index (χ1) is 7.40. The fraction of sp³-hybridized carbons (Fsp3) is 1.00. The largest absolute Gasteiger partial charge is 0.385 e. The maximum atomic E-state index is 12.1. The van der Waals surface area contributed by atoms with E-state index in [9.17, 15) is 8.42 Å². The lowest BCUT2D eigenvalue weighted by Crippen LogP contribution is -2.60. The molecule has 1 heterocycles. The van der Waals surface area contributed by atoms with Crippen LogP contribution in [0.15, 0.2) is 0 Å². The normalized spacial score (nSPS) is 22.2. The molecule has 0 atom stereocenters. The van der Waals surface area contributed by atoms with Gasteiger partial charge in [-0.25, -0.2) is 8.42 Å². The molecule has 0 unspecified atom stereocenters. The van der Waals surface area contributed by atoms with Gasteiger partial charge in [-0.1, -0.05) is 0 Å². The first-order valence-electron chi connectivity index (χ1n) is 5.60. The number of sulfonamides is 1. The molecule has 0 radical (unpaired) electrons. The van der Waals surface area contributed by atoms with Gasteiger partial charge in [-0.2, -0.15) is 4.31 Å². The van der Waals surface area contributed by atoms with Gasteiger partial charge in [0.25, 0.3) is 0 Å². The molecule has 16 heavy (non-hydrogen) atoms. The third-order valence-electron chi connectivity index (χ3n) is 2.81. The van der Waals surface area contributed by atoms with Crippen LogP contribution >= 0.6 is 0 Å². The van der Waals surface area contributed by atoms with E-state index in [2.05, 4.69) is 5.32 Å². The zero-order valence-electron chi connectivity index (χ0n) is 10.3. The molecule has 1 fully saturated rings. The molecule has 1 saturated heterocycles. The highest BCUT2D eigenvalue weighted by Gasteiger charge is 2.37. The summed E-state index contributed by atoms with van der Waals surface area (Å²) in [7, 11) is -1.57. The summed E-state index contributed by atoms with van der Waals surface area (Å²) in [6.45, 7) is 6.39. The molecule has 6 heteroatoms. The maximum absolute atomic E-state index is 12.1. The van der Waals surface area contributed by atoms with E-state index in [1.807, 2.05) is 13.8 Å². The van der Waals surface area contributed by atoms with Crippen molar-refractivity contribution in [2.24, 2.45) is 0 Å². The quantitative estimate of drug-likeness (QED) is 0.700. The second-order valence-electron chi connectivity index (χ2n) is 4.72. The van der Waals surface area contributed by atoms with Gasteiger partial charge in [-0.15, -0.1) is 0 Å². The van der Waals surface area contributed by atoms with Crippen molar-refractivity contribution in [3.63, 3.8) is 0 Å². The average Bonchev–Trinajstić information content (AvgIpc) is 2.16. The van der Waals surface area contributed by atoms with Crippen molar-refractivity contribution in [2.45, 2.75) is 25.8 Å². The van der Waals surface area contributed by atoms with Gasteiger partial charge in [0.15, 0.2) is 0 Å². The SMILES string of the molecule is COCCCS(=O)(=O)N1CCNCC1(C)C. The number of nitrogens with one attached hydrogen (secondary N) is 1. The first kappa shape index (κ1) is 13.9. The fourth-order valence-electron chi connectivity index (χ4n) is 1.98. The monoisotopic (exact) mass is 250 g/mol. The Kier molecular flexibility index (Phi) is 4.73. The van der Waals surface area contributed by atoms with E-state index in [1.54, 1.807) is 11.4 Å². The Balaban J connectivity index is 2.66. The molecular weight excluding hydrogens is 228 g/mol. The van der Waals surface area contributed by atoms with E-state index in [0.717, 1.165) is 6.54 Å². The van der Waals surface area contributed by atoms with E-state index in [1.165, 1.54) is 0 Å². The Bertz CT molecular complexity index is 314. The van der Waals surface area contributed by atoms with Crippen LogP contribution in [0.25, 0.3) is 0 Å². The van der Waals surface area contributed by atoms with Gasteiger partial charge in [-0.05, 0) is 20.3 Å². The van der Waals surface area contributed by atoms with E-state index in [0.29, 0.717) is 26.1 Å². The van der Waals surface area contributed by atoms with Gasteiger partial charge < -0.3 is 10.1 Å². The maximum Gasteiger partial charge on any atom is 0.214 e. The second-order valence-corrected chi connectivity index (χ2v) is 6.74. The number of hydrogen-bond donors (Lipinski definition) is 1. The lowest BCUT2D eigenvalue weighted by Gasteiger charge is -2.41. The highest BCUT2D eigenvalue weighted by molar-refractivity contribution is 7.89. The van der Waals surface area contributed by atoms with Crippen molar-refractivity contribution in [2.75, 3.05) is 39.1 Å². The lowest BCUT2D eigenvalue weighted by atomic mass is 10.0. The topological polar surface area (TPSA) is 58.6 Å². The number of hydrogen-bond acceptors (Lipinski definition) is 4. The Morgan fingerprint density at radius 1 is 1.44 bits per heavy atom. The standard InChI is InChI=1S/C10H22N2O3S/c1-10(2)9-11-5-6-12(10)16(13,14)8-4-7-15-3/h11H,4-9H2,1-3H3. The Hall–Kier alpha value is -0.170. The third-order valence-corrected chi connectivity index (χ3v) is 4.96. The van der Waals surface area contributed by atoms with Gasteiger partial charge in [-0.3, -0.25) is 0 Å². The minimum atomic E-state index is -3.15. The number of ether oxygens (including phenoxy) is 1. The first-order valence-corrected chi connectivity index (χ1v) is 7.21. The van der Waals surface area contributed by atoms with Crippen LogP contribution in [0.1, 0.15) is 20.3 Å². The van der Waals surface area contributed by atoms with E-state index in [4.69, 9.17) is 4.74 Å². The zero-order valence-corrected chi connectivity index (χ0v) is 11.1. The molecule has 0 aromatic carbocycles. The molecule has 0 spiro atoms. The van der Waals surface area contributed by atoms with Crippen LogP contribution in [0.4, 0.5) is 0 Å². The molecule has 1 aliphatic heterocycles. The highest BCUT2D eigenvalue weighted by Crippen LogP contribution is 2.21. The zero-order chi connectivity index (χ0) is 12.2. The fourth-order valence-corrected chi connectivity index (χ4v) is 3.87. The molecule has 5 nitrogen and oxygen atoms in total. The number of nitrogens with zero attached hydrogens (tertiary/aromatic N) is 1. The molecule has 0 aliphatic carbocycles. The van der Waals surface area contributed by atoms with E-state index < -0.39 is 10.0 Å². The van der Waals surface area contributed by atoms with Gasteiger partial charge in [0.05, 0.1) is 5.75 Å². The second kappa shape index (κ2) is 5.44. The average molecular weight is 250 g/mol. The Morgan fingerprint density at radius 3 is 2.69 bits per heavy atom. The van der Waals surface area contributed by atoms with Gasteiger partial charge in [0.2, 0.25) is 10.0 Å². The lowest BCUT2D eigenvalue weighted by molar-refractivity contribution is 0.181. The van der Waals surface area contributed by atoms with Crippen molar-refractivity contribution in [1.82, 2.24) is 9.62 Å². The van der Waals surface area contributed by atoms with Crippen molar-refractivity contribution >= 4 is 10.0 Å². The van der Waals surface area contributed by atoms with Crippen molar-refractivity contribution in [3.8, 4) is 0 Å². The summed E-state index contributed by atoms with van der Waals surface area (Å²) >= 11 is 0. The molecule has 0 bridgehead atoms. The van der Waals surface area contributed by atoms with E-state index >= 15 is 0 Å². The smallest absolute Gasteiger partial charge is 0.214 e. The van der Waals surface area contributed by atoms with Crippen LogP contribution < -0.4 is 5.32 Å². The van der Waals surface area contributed by atoms with Crippen LogP contribution in [-0.2, 0) is 14.8 Å². The summed E-state index contributed by atoms with van der Waals surface area (Å²) in [5.41, 5.74) is -0.329. The predicted octanol–water partition coefficient (Wildman–Crippen LogP) is 0.0365. The molecule has 96 valence electrons. The summed E-state index contributed by atoms with van der Waals surface area (Å²) in [5.74, 6) is 0.171. The summed E-state index contributed by atoms with van der Waals surface area (Å²) in [6.07, 6.45) is 0.554. The van der Waals surface area contributed by atoms with Crippen molar-refractivity contribution < 1.29 is 13.2 Å². The molecule has 0 aromatic heterocycles. The molecule has 0 saturated carbocycles. The third kappa shape index (κ3) is 3.41. The molecule has 1 aliphatic rings. The summed E-state index contributed by atoms with van der Waals surface area (Å²) < 4.78 is 30.7. The Labute approximate surface area is 98.2 Å². The van der Waals surface area contributed by atoms with Crippen molar-refractivity contribution in [3.05, 3.63) is 0 Å². The molecule has 0 amide bonds. The van der Waals surface area contributed by atoms with Crippen LogP contribution in [0.3, 0.4) is 0 Å². The van der Waals surface area contributed by atoms with Gasteiger partial charge in [0.1, 0.15) is 0 Å². The molecule has 1 N–H and O–H groups in total. The highest BCUT2D eigenvalue weighted by atomic mass is 32.2. The molecule has 0 aromatic rings. The summed E-state index contributed by atoms with van der Waals surface area (Å²) in [5, 5.41) is 3.21. The molecule has 1 rings (SSSR count). The van der Waals surface area contributed by atoms with Crippen LogP contribution in [0.2, 0.25) is 0 Å². The number of piperazine rings is 1. The number of rotatable bonds is 5. The van der Waals surface area contributed by atoms with Crippen LogP contribution in [0.5, 0.6) is 0 Å². The minimum Gasteiger partial charge on any atom is -0.385 e. The summed E-state index contributed by atoms with van der Waals surface area (Å²) in [4.78, 5) is 0. The molecular formula is C10H22N2O3S. The van der Waals surface area contributed by atoms with Crippen LogP contribution in [-0.4, -0.2) is 57.4 Å². The predicted molar refractivity (Wildman–Crippen MR) is 63.9 cm³/mol. The number of methoxy groups -OCH3 is 1. The van der Waals surface area contributed by atoms with E-state index in [-0.39, 0.29) is 11.3 Å². The minimum absolute atomic E-state index is 0.171. The van der Waals surface area contributed by atoms with Gasteiger partial charge in [0, 0.05) is 38.9 Å². The van der Waals surface area contributed by atoms with Crippen molar-refractivity contribution in [1.29, 1.82) is 0 Å². The van der Waals surface area contributed by atoms with Crippen LogP contribution in [0, 0.1) is 0 Å².